The predicted octanol–water partition coefficient (Wildman–Crippen LogP) is 2.97. The van der Waals surface area contributed by atoms with E-state index in [4.69, 9.17) is 11.6 Å². The van der Waals surface area contributed by atoms with Gasteiger partial charge >= 0.3 is 0 Å². The Morgan fingerprint density at radius 2 is 2.08 bits per heavy atom. The van der Waals surface area contributed by atoms with Crippen molar-refractivity contribution >= 4 is 29.1 Å². The van der Waals surface area contributed by atoms with Crippen LogP contribution in [-0.4, -0.2) is 40.5 Å². The largest absolute Gasteiger partial charge is 0.331 e. The van der Waals surface area contributed by atoms with Crippen LogP contribution in [0.15, 0.2) is 30.3 Å². The first-order valence-electron chi connectivity index (χ1n) is 7.70. The highest BCUT2D eigenvalue weighted by molar-refractivity contribution is 6.30. The number of rotatable bonds is 6. The Kier molecular flexibility index (Phi) is 5.98. The number of amides is 2. The number of carbonyl (C=O) groups excluding carboxylic acids is 2. The van der Waals surface area contributed by atoms with Crippen LogP contribution < -0.4 is 5.32 Å². The number of hydrogen-bond donors (Lipinski definition) is 2. The summed E-state index contributed by atoms with van der Waals surface area (Å²) >= 11 is 5.88. The first-order chi connectivity index (χ1) is 11.3. The van der Waals surface area contributed by atoms with E-state index in [2.05, 4.69) is 29.4 Å². The average molecular weight is 349 g/mol. The lowest BCUT2D eigenvalue weighted by Gasteiger charge is -2.15. The number of carbonyl (C=O) groups is 2. The maximum absolute atomic E-state index is 12.3. The van der Waals surface area contributed by atoms with Crippen molar-refractivity contribution in [3.63, 3.8) is 0 Å². The number of benzene rings is 1. The molecule has 24 heavy (non-hydrogen) atoms. The van der Waals surface area contributed by atoms with Gasteiger partial charge in [-0.15, -0.1) is 0 Å². The Morgan fingerprint density at radius 1 is 1.33 bits per heavy atom. The summed E-state index contributed by atoms with van der Waals surface area (Å²) in [5, 5.41) is 10.1. The van der Waals surface area contributed by atoms with Crippen molar-refractivity contribution in [1.82, 2.24) is 15.1 Å². The molecule has 0 saturated carbocycles. The molecule has 2 N–H and O–H groups in total. The zero-order valence-electron chi connectivity index (χ0n) is 14.0. The van der Waals surface area contributed by atoms with E-state index < -0.39 is 0 Å². The van der Waals surface area contributed by atoms with Gasteiger partial charge < -0.3 is 10.2 Å². The minimum absolute atomic E-state index is 0.0717. The van der Waals surface area contributed by atoms with Gasteiger partial charge in [-0.2, -0.15) is 5.10 Å². The number of aromatic nitrogens is 2. The number of halogens is 1. The van der Waals surface area contributed by atoms with Gasteiger partial charge in [0.25, 0.3) is 5.91 Å². The van der Waals surface area contributed by atoms with Gasteiger partial charge in [0.05, 0.1) is 6.54 Å². The third kappa shape index (κ3) is 5.09. The van der Waals surface area contributed by atoms with Crippen LogP contribution in [0.3, 0.4) is 0 Å². The molecule has 0 unspecified atom stereocenters. The summed E-state index contributed by atoms with van der Waals surface area (Å²) in [5.41, 5.74) is 1.81. The van der Waals surface area contributed by atoms with Crippen molar-refractivity contribution in [2.75, 3.05) is 18.9 Å². The van der Waals surface area contributed by atoms with Crippen LogP contribution >= 0.6 is 11.6 Å². The molecule has 1 heterocycles. The maximum Gasteiger partial charge on any atom is 0.274 e. The van der Waals surface area contributed by atoms with Crippen molar-refractivity contribution in [2.24, 2.45) is 5.92 Å². The lowest BCUT2D eigenvalue weighted by molar-refractivity contribution is -0.116. The molecular weight excluding hydrogens is 328 g/mol. The summed E-state index contributed by atoms with van der Waals surface area (Å²) < 4.78 is 0. The fourth-order valence-corrected chi connectivity index (χ4v) is 2.46. The van der Waals surface area contributed by atoms with Crippen LogP contribution in [0.5, 0.6) is 0 Å². The van der Waals surface area contributed by atoms with Gasteiger partial charge in [-0.3, -0.25) is 14.7 Å². The summed E-state index contributed by atoms with van der Waals surface area (Å²) in [6.07, 6.45) is 0.819. The summed E-state index contributed by atoms with van der Waals surface area (Å²) in [6.45, 7) is 4.11. The van der Waals surface area contributed by atoms with E-state index >= 15 is 0 Å². The number of nitrogens with zero attached hydrogens (tertiary/aromatic N) is 2. The molecule has 7 heteroatoms. The van der Waals surface area contributed by atoms with Gasteiger partial charge in [-0.1, -0.05) is 31.5 Å². The van der Waals surface area contributed by atoms with Gasteiger partial charge in [-0.25, -0.2) is 0 Å². The van der Waals surface area contributed by atoms with Crippen molar-refractivity contribution in [2.45, 2.75) is 20.3 Å². The van der Waals surface area contributed by atoms with Crippen LogP contribution in [0, 0.1) is 5.92 Å². The number of anilines is 1. The topological polar surface area (TPSA) is 78.1 Å². The summed E-state index contributed by atoms with van der Waals surface area (Å²) in [4.78, 5) is 25.7. The zero-order chi connectivity index (χ0) is 17.7. The Morgan fingerprint density at radius 3 is 2.75 bits per heavy atom. The summed E-state index contributed by atoms with van der Waals surface area (Å²) in [5.74, 6) is -0.136. The Balaban J connectivity index is 1.93. The molecule has 0 aliphatic heterocycles. The van der Waals surface area contributed by atoms with Crippen LogP contribution in [-0.2, 0) is 11.2 Å². The number of H-pyrrole nitrogens is 1. The van der Waals surface area contributed by atoms with E-state index in [9.17, 15) is 9.59 Å². The van der Waals surface area contributed by atoms with E-state index in [0.717, 1.165) is 12.1 Å². The minimum atomic E-state index is -0.303. The number of aromatic amines is 1. The van der Waals surface area contributed by atoms with Crippen LogP contribution in [0.4, 0.5) is 5.69 Å². The molecule has 0 aliphatic carbocycles. The maximum atomic E-state index is 12.3. The van der Waals surface area contributed by atoms with E-state index in [-0.39, 0.29) is 18.4 Å². The van der Waals surface area contributed by atoms with Crippen LogP contribution in [0.1, 0.15) is 30.0 Å². The molecule has 2 aromatic rings. The fourth-order valence-electron chi connectivity index (χ4n) is 2.27. The van der Waals surface area contributed by atoms with E-state index in [1.54, 1.807) is 37.4 Å². The Labute approximate surface area is 146 Å². The standard InChI is InChI=1S/C17H21ClN4O2/c1-11(2)7-14-9-15(21-20-14)17(24)22(3)10-16(23)19-13-6-4-5-12(18)8-13/h4-6,8-9,11H,7,10H2,1-3H3,(H,19,23)(H,20,21). The van der Waals surface area contributed by atoms with Crippen molar-refractivity contribution in [3.8, 4) is 0 Å². The molecule has 2 amide bonds. The lowest BCUT2D eigenvalue weighted by atomic mass is 10.1. The normalized spacial score (nSPS) is 10.7. The molecular formula is C17H21ClN4O2. The van der Waals surface area contributed by atoms with Crippen molar-refractivity contribution in [1.29, 1.82) is 0 Å². The van der Waals surface area contributed by atoms with Gasteiger partial charge in [0, 0.05) is 23.5 Å². The van der Waals surface area contributed by atoms with Gasteiger partial charge in [-0.05, 0) is 36.6 Å². The molecule has 128 valence electrons. The SMILES string of the molecule is CC(C)Cc1cc(C(=O)N(C)CC(=O)Nc2cccc(Cl)c2)n[nH]1. The first kappa shape index (κ1) is 18.0. The third-order valence-corrected chi connectivity index (χ3v) is 3.55. The average Bonchev–Trinajstić information content (AvgIpc) is 2.93. The Hall–Kier alpha value is -2.34. The highest BCUT2D eigenvalue weighted by Gasteiger charge is 2.18. The van der Waals surface area contributed by atoms with Gasteiger partial charge in [0.2, 0.25) is 5.91 Å². The van der Waals surface area contributed by atoms with E-state index in [0.29, 0.717) is 22.3 Å². The molecule has 0 fully saturated rings. The predicted molar refractivity (Wildman–Crippen MR) is 94.2 cm³/mol. The molecule has 0 bridgehead atoms. The van der Waals surface area contributed by atoms with Crippen LogP contribution in [0.2, 0.25) is 5.02 Å². The van der Waals surface area contributed by atoms with Crippen molar-refractivity contribution in [3.05, 3.63) is 46.7 Å². The molecule has 0 saturated heterocycles. The monoisotopic (exact) mass is 348 g/mol. The quantitative estimate of drug-likeness (QED) is 0.842. The molecule has 0 spiro atoms. The third-order valence-electron chi connectivity index (χ3n) is 3.31. The van der Waals surface area contributed by atoms with Crippen molar-refractivity contribution < 1.29 is 9.59 Å². The molecule has 0 atom stereocenters. The number of hydrogen-bond acceptors (Lipinski definition) is 3. The second-order valence-corrected chi connectivity index (χ2v) is 6.53. The minimum Gasteiger partial charge on any atom is -0.331 e. The highest BCUT2D eigenvalue weighted by Crippen LogP contribution is 2.15. The smallest absolute Gasteiger partial charge is 0.274 e. The number of likely N-dealkylation sites (N-methyl/N-ethyl adjacent to an activating group) is 1. The van der Waals surface area contributed by atoms with E-state index in [1.807, 2.05) is 0 Å². The lowest BCUT2D eigenvalue weighted by Crippen LogP contribution is -2.35. The second-order valence-electron chi connectivity index (χ2n) is 6.10. The highest BCUT2D eigenvalue weighted by atomic mass is 35.5. The van der Waals surface area contributed by atoms with E-state index in [1.165, 1.54) is 4.90 Å². The molecule has 2 rings (SSSR count). The number of nitrogens with one attached hydrogen (secondary N) is 2. The zero-order valence-corrected chi connectivity index (χ0v) is 14.7. The molecule has 0 aliphatic rings. The molecule has 1 aromatic carbocycles. The van der Waals surface area contributed by atoms with Gasteiger partial charge in [0.1, 0.15) is 5.69 Å². The second kappa shape index (κ2) is 7.97. The Bertz CT molecular complexity index is 727. The van der Waals surface area contributed by atoms with Gasteiger partial charge in [0.15, 0.2) is 0 Å². The summed E-state index contributed by atoms with van der Waals surface area (Å²) in [6, 6.07) is 8.57. The van der Waals surface area contributed by atoms with Crippen LogP contribution in [0.25, 0.3) is 0 Å². The fraction of sp³-hybridized carbons (Fsp3) is 0.353. The molecule has 1 aromatic heterocycles. The first-order valence-corrected chi connectivity index (χ1v) is 8.08. The molecule has 0 radical (unpaired) electrons. The summed E-state index contributed by atoms with van der Waals surface area (Å²) in [7, 11) is 1.57. The molecule has 6 nitrogen and oxygen atoms in total.